The summed E-state index contributed by atoms with van der Waals surface area (Å²) < 4.78 is 1.93. The average Bonchev–Trinajstić information content (AvgIpc) is 2.95. The molecule has 3 nitrogen and oxygen atoms in total. The smallest absolute Gasteiger partial charge is 0.187 e. The number of ketones is 1. The summed E-state index contributed by atoms with van der Waals surface area (Å²) in [6, 6.07) is 8.54. The van der Waals surface area contributed by atoms with Crippen LogP contribution in [0.4, 0.5) is 0 Å². The van der Waals surface area contributed by atoms with Crippen LogP contribution < -0.4 is 0 Å². The molecule has 0 fully saturated rings. The lowest BCUT2D eigenvalue weighted by molar-refractivity contribution is 0.0802. The van der Waals surface area contributed by atoms with Gasteiger partial charge in [0.2, 0.25) is 0 Å². The van der Waals surface area contributed by atoms with Crippen LogP contribution in [-0.4, -0.2) is 15.6 Å². The minimum absolute atomic E-state index is 0.230. The molecular formula is C26H38N2O. The second-order valence-electron chi connectivity index (χ2n) is 11.2. The van der Waals surface area contributed by atoms with Crippen LogP contribution in [0.3, 0.4) is 0 Å². The number of hydrogen-bond donors (Lipinski definition) is 0. The summed E-state index contributed by atoms with van der Waals surface area (Å²) in [6.45, 7) is 17.7. The summed E-state index contributed by atoms with van der Waals surface area (Å²) >= 11 is 0. The third-order valence-corrected chi connectivity index (χ3v) is 6.20. The molecule has 0 N–H and O–H groups in total. The first-order chi connectivity index (χ1) is 13.4. The standard InChI is InChI=1S/C26H38N2O/c1-17(2)19-9-11-20(12-10-19)28-23-21(13-14-26(7,8)24(23)29)22(27-28)15-18(3)16-25(4,5)6/h9-12,17-18H,13-16H2,1-8H3. The first-order valence-electron chi connectivity index (χ1n) is 11.1. The largest absolute Gasteiger partial charge is 0.292 e. The molecule has 1 aromatic carbocycles. The van der Waals surface area contributed by atoms with Gasteiger partial charge in [-0.25, -0.2) is 4.68 Å². The second-order valence-corrected chi connectivity index (χ2v) is 11.2. The molecule has 0 saturated carbocycles. The normalized spacial score (nSPS) is 17.5. The van der Waals surface area contributed by atoms with Crippen molar-refractivity contribution in [1.29, 1.82) is 0 Å². The van der Waals surface area contributed by atoms with E-state index >= 15 is 0 Å². The number of aromatic nitrogens is 2. The van der Waals surface area contributed by atoms with Crippen molar-refractivity contribution in [2.75, 3.05) is 0 Å². The first kappa shape index (κ1) is 21.8. The molecule has 29 heavy (non-hydrogen) atoms. The van der Waals surface area contributed by atoms with Crippen molar-refractivity contribution in [3.63, 3.8) is 0 Å². The van der Waals surface area contributed by atoms with Gasteiger partial charge in [0, 0.05) is 11.0 Å². The van der Waals surface area contributed by atoms with E-state index in [0.29, 0.717) is 17.3 Å². The predicted molar refractivity (Wildman–Crippen MR) is 121 cm³/mol. The van der Waals surface area contributed by atoms with E-state index in [2.05, 4.69) is 79.7 Å². The van der Waals surface area contributed by atoms with Gasteiger partial charge in [-0.15, -0.1) is 0 Å². The summed E-state index contributed by atoms with van der Waals surface area (Å²) in [7, 11) is 0. The molecule has 1 aliphatic carbocycles. The van der Waals surface area contributed by atoms with Crippen LogP contribution >= 0.6 is 0 Å². The van der Waals surface area contributed by atoms with Crippen LogP contribution in [0.2, 0.25) is 0 Å². The van der Waals surface area contributed by atoms with E-state index in [1.165, 1.54) is 11.1 Å². The molecule has 1 unspecified atom stereocenters. The van der Waals surface area contributed by atoms with Crippen LogP contribution in [0.25, 0.3) is 5.69 Å². The van der Waals surface area contributed by atoms with Gasteiger partial charge in [-0.2, -0.15) is 5.10 Å². The quantitative estimate of drug-likeness (QED) is 0.561. The van der Waals surface area contributed by atoms with Crippen LogP contribution in [0, 0.1) is 16.7 Å². The van der Waals surface area contributed by atoms with Gasteiger partial charge >= 0.3 is 0 Å². The fraction of sp³-hybridized carbons (Fsp3) is 0.615. The Morgan fingerprint density at radius 3 is 2.28 bits per heavy atom. The van der Waals surface area contributed by atoms with Crippen molar-refractivity contribution in [1.82, 2.24) is 9.78 Å². The number of fused-ring (bicyclic) bond motifs is 1. The summed E-state index contributed by atoms with van der Waals surface area (Å²) in [4.78, 5) is 13.4. The fourth-order valence-electron chi connectivity index (χ4n) is 4.66. The third kappa shape index (κ3) is 4.65. The number of benzene rings is 1. The molecule has 3 heteroatoms. The number of Topliss-reactive ketones (excluding diaryl/α,β-unsaturated/α-hetero) is 1. The number of nitrogens with zero attached hydrogens (tertiary/aromatic N) is 2. The molecule has 0 bridgehead atoms. The molecule has 0 radical (unpaired) electrons. The third-order valence-electron chi connectivity index (χ3n) is 6.20. The molecule has 0 saturated heterocycles. The van der Waals surface area contributed by atoms with Crippen LogP contribution in [0.15, 0.2) is 24.3 Å². The molecule has 0 spiro atoms. The van der Waals surface area contributed by atoms with Crippen molar-refractivity contribution in [2.45, 2.75) is 87.0 Å². The molecule has 1 aromatic heterocycles. The minimum atomic E-state index is -0.322. The highest BCUT2D eigenvalue weighted by Gasteiger charge is 2.39. The summed E-state index contributed by atoms with van der Waals surface area (Å²) in [6.07, 6.45) is 3.93. The molecule has 1 aliphatic rings. The monoisotopic (exact) mass is 394 g/mol. The first-order valence-corrected chi connectivity index (χ1v) is 11.1. The highest BCUT2D eigenvalue weighted by molar-refractivity contribution is 6.01. The van der Waals surface area contributed by atoms with E-state index < -0.39 is 0 Å². The van der Waals surface area contributed by atoms with Crippen molar-refractivity contribution in [3.8, 4) is 5.69 Å². The molecule has 158 valence electrons. The van der Waals surface area contributed by atoms with Crippen molar-refractivity contribution in [3.05, 3.63) is 46.8 Å². The lowest BCUT2D eigenvalue weighted by Crippen LogP contribution is -2.32. The number of carbonyl (C=O) groups excluding carboxylic acids is 1. The van der Waals surface area contributed by atoms with Crippen molar-refractivity contribution < 1.29 is 4.79 Å². The fourth-order valence-corrected chi connectivity index (χ4v) is 4.66. The van der Waals surface area contributed by atoms with E-state index in [1.807, 2.05) is 4.68 Å². The van der Waals surface area contributed by atoms with Gasteiger partial charge in [0.05, 0.1) is 11.4 Å². The molecule has 1 atom stereocenters. The van der Waals surface area contributed by atoms with Gasteiger partial charge in [0.25, 0.3) is 0 Å². The second kappa shape index (κ2) is 7.74. The van der Waals surface area contributed by atoms with Gasteiger partial charge in [0.15, 0.2) is 5.78 Å². The van der Waals surface area contributed by atoms with E-state index in [9.17, 15) is 4.79 Å². The maximum Gasteiger partial charge on any atom is 0.187 e. The Balaban J connectivity index is 2.04. The highest BCUT2D eigenvalue weighted by Crippen LogP contribution is 2.38. The SMILES string of the molecule is CC(Cc1nn(-c2ccc(C(C)C)cc2)c2c1CCC(C)(C)C2=O)CC(C)(C)C. The van der Waals surface area contributed by atoms with Gasteiger partial charge < -0.3 is 0 Å². The molecule has 3 rings (SSSR count). The van der Waals surface area contributed by atoms with Gasteiger partial charge in [-0.05, 0) is 60.6 Å². The zero-order chi connectivity index (χ0) is 21.6. The number of hydrogen-bond acceptors (Lipinski definition) is 2. The average molecular weight is 395 g/mol. The Labute approximate surface area is 176 Å². The molecule has 0 amide bonds. The zero-order valence-electron chi connectivity index (χ0n) is 19.6. The van der Waals surface area contributed by atoms with E-state index in [-0.39, 0.29) is 11.2 Å². The summed E-state index contributed by atoms with van der Waals surface area (Å²) in [5.41, 5.74) is 5.39. The van der Waals surface area contributed by atoms with E-state index in [0.717, 1.165) is 42.8 Å². The van der Waals surface area contributed by atoms with E-state index in [4.69, 9.17) is 5.10 Å². The number of rotatable bonds is 5. The molecule has 2 aromatic rings. The maximum atomic E-state index is 13.4. The van der Waals surface area contributed by atoms with Gasteiger partial charge in [-0.3, -0.25) is 4.79 Å². The van der Waals surface area contributed by atoms with Crippen molar-refractivity contribution in [2.24, 2.45) is 16.7 Å². The Morgan fingerprint density at radius 1 is 1.10 bits per heavy atom. The molecule has 1 heterocycles. The Hall–Kier alpha value is -1.90. The van der Waals surface area contributed by atoms with Gasteiger partial charge in [0.1, 0.15) is 5.69 Å². The Bertz CT molecular complexity index is 879. The van der Waals surface area contributed by atoms with E-state index in [1.54, 1.807) is 0 Å². The van der Waals surface area contributed by atoms with Crippen LogP contribution in [0.1, 0.15) is 101 Å². The highest BCUT2D eigenvalue weighted by atomic mass is 16.1. The minimum Gasteiger partial charge on any atom is -0.292 e. The van der Waals surface area contributed by atoms with Crippen molar-refractivity contribution >= 4 is 5.78 Å². The topological polar surface area (TPSA) is 34.9 Å². The summed E-state index contributed by atoms with van der Waals surface area (Å²) in [5.74, 6) is 1.26. The van der Waals surface area contributed by atoms with Crippen LogP contribution in [-0.2, 0) is 12.8 Å². The summed E-state index contributed by atoms with van der Waals surface area (Å²) in [5, 5.41) is 5.02. The molecular weight excluding hydrogens is 356 g/mol. The van der Waals surface area contributed by atoms with Gasteiger partial charge in [-0.1, -0.05) is 67.5 Å². The lowest BCUT2D eigenvalue weighted by atomic mass is 9.74. The zero-order valence-corrected chi connectivity index (χ0v) is 19.6. The lowest BCUT2D eigenvalue weighted by Gasteiger charge is -2.29. The Morgan fingerprint density at radius 2 is 1.72 bits per heavy atom. The Kier molecular flexibility index (Phi) is 5.82. The maximum absolute atomic E-state index is 13.4. The van der Waals surface area contributed by atoms with Crippen LogP contribution in [0.5, 0.6) is 0 Å². The predicted octanol–water partition coefficient (Wildman–Crippen LogP) is 6.77. The number of carbonyl (C=O) groups is 1. The molecule has 0 aliphatic heterocycles.